The fraction of sp³-hybridized carbons (Fsp3) is 0.625. The number of amides is 1. The lowest BCUT2D eigenvalue weighted by Crippen LogP contribution is -2.55. The molecular formula is C24H38N2O13S3. The van der Waals surface area contributed by atoms with Crippen molar-refractivity contribution in [2.24, 2.45) is 11.7 Å². The molecule has 0 aliphatic heterocycles. The third-order valence-electron chi connectivity index (χ3n) is 6.11. The van der Waals surface area contributed by atoms with Crippen LogP contribution in [0.1, 0.15) is 39.2 Å². The van der Waals surface area contributed by atoms with Gasteiger partial charge in [-0.05, 0) is 38.7 Å². The van der Waals surface area contributed by atoms with Crippen molar-refractivity contribution in [3.63, 3.8) is 0 Å². The third kappa shape index (κ3) is 11.5. The molecule has 0 saturated heterocycles. The van der Waals surface area contributed by atoms with Gasteiger partial charge in [0.15, 0.2) is 31.5 Å². The van der Waals surface area contributed by atoms with Gasteiger partial charge < -0.3 is 30.4 Å². The predicted molar refractivity (Wildman–Crippen MR) is 151 cm³/mol. The molecule has 1 aromatic carbocycles. The molecule has 0 aliphatic carbocycles. The van der Waals surface area contributed by atoms with Crippen molar-refractivity contribution in [1.29, 1.82) is 0 Å². The molecule has 5 atom stereocenters. The highest BCUT2D eigenvalue weighted by molar-refractivity contribution is 7.93. The van der Waals surface area contributed by atoms with Crippen LogP contribution >= 0.6 is 0 Å². The number of nitrogens with two attached hydrogens (primary N) is 1. The highest BCUT2D eigenvalue weighted by atomic mass is 32.2. The van der Waals surface area contributed by atoms with E-state index in [1.165, 1.54) is 13.8 Å². The SMILES string of the molecule is CCOC(=O)OC(C)OC(=O)C(NC(=O)C(Cc1ccccc1)CC(C(N)CCS(C)(=O)=O)([SH](=O)=O)[SH](=O)=O)C(C)O. The number of carbonyl (C=O) groups excluding carboxylic acids is 3. The van der Waals surface area contributed by atoms with E-state index in [-0.39, 0.29) is 13.0 Å². The average molecular weight is 659 g/mol. The summed E-state index contributed by atoms with van der Waals surface area (Å²) in [5, 5.41) is 12.5. The molecule has 1 amide bonds. The first kappa shape index (κ1) is 37.2. The monoisotopic (exact) mass is 658 g/mol. The van der Waals surface area contributed by atoms with Crippen molar-refractivity contribution in [2.75, 3.05) is 18.6 Å². The summed E-state index contributed by atoms with van der Waals surface area (Å²) in [6, 6.07) is 4.63. The van der Waals surface area contributed by atoms with Gasteiger partial charge in [-0.3, -0.25) is 4.79 Å². The number of hydrogen-bond donors (Lipinski definition) is 5. The lowest BCUT2D eigenvalue weighted by molar-refractivity contribution is -0.174. The highest BCUT2D eigenvalue weighted by Gasteiger charge is 2.48. The Kier molecular flexibility index (Phi) is 14.8. The van der Waals surface area contributed by atoms with Gasteiger partial charge in [-0.25, -0.2) is 34.8 Å². The second-order valence-electron chi connectivity index (χ2n) is 9.54. The van der Waals surface area contributed by atoms with E-state index >= 15 is 0 Å². The Labute approximate surface area is 247 Å². The molecule has 1 aromatic rings. The van der Waals surface area contributed by atoms with Crippen LogP contribution in [0.3, 0.4) is 0 Å². The van der Waals surface area contributed by atoms with Gasteiger partial charge in [-0.15, -0.1) is 0 Å². The van der Waals surface area contributed by atoms with Crippen molar-refractivity contribution in [3.05, 3.63) is 35.9 Å². The van der Waals surface area contributed by atoms with E-state index < -0.39 is 102 Å². The molecule has 5 unspecified atom stereocenters. The number of aliphatic hydroxyl groups excluding tert-OH is 1. The van der Waals surface area contributed by atoms with E-state index in [2.05, 4.69) is 10.1 Å². The molecule has 0 bridgehead atoms. The van der Waals surface area contributed by atoms with Gasteiger partial charge in [0.1, 0.15) is 9.84 Å². The fourth-order valence-electron chi connectivity index (χ4n) is 3.92. The Morgan fingerprint density at radius 2 is 1.62 bits per heavy atom. The summed E-state index contributed by atoms with van der Waals surface area (Å²) in [6.07, 6.45) is -4.96. The van der Waals surface area contributed by atoms with Crippen LogP contribution in [0.15, 0.2) is 30.3 Å². The summed E-state index contributed by atoms with van der Waals surface area (Å²) in [4.78, 5) is 37.7. The molecule has 18 heteroatoms. The number of sulfone groups is 1. The standard InChI is InChI=1S/C24H38N2O13S3/c1-5-37-23(30)39-16(3)38-22(29)20(15(2)27)26-21(28)18(13-17-9-7-6-8-10-17)14-24(40(31)32,41(33)34)19(25)11-12-42(4,35)36/h6-10,15-16,18-20,27,40-41H,5,11-14,25H2,1-4H3,(H,26,28). The molecule has 42 heavy (non-hydrogen) atoms. The summed E-state index contributed by atoms with van der Waals surface area (Å²) in [6.45, 7) is 3.82. The lowest BCUT2D eigenvalue weighted by Gasteiger charge is -2.32. The van der Waals surface area contributed by atoms with Crippen molar-refractivity contribution >= 4 is 49.3 Å². The van der Waals surface area contributed by atoms with Crippen LogP contribution in [0.4, 0.5) is 4.79 Å². The minimum Gasteiger partial charge on any atom is -0.435 e. The minimum atomic E-state index is -3.87. The zero-order valence-electron chi connectivity index (χ0n) is 23.5. The maximum Gasteiger partial charge on any atom is 0.511 e. The smallest absolute Gasteiger partial charge is 0.435 e. The number of aliphatic hydroxyl groups is 1. The number of thiol groups is 2. The quantitative estimate of drug-likeness (QED) is 0.0754. The van der Waals surface area contributed by atoms with Gasteiger partial charge in [-0.1, -0.05) is 30.3 Å². The fourth-order valence-corrected chi connectivity index (χ4v) is 6.68. The van der Waals surface area contributed by atoms with Crippen LogP contribution < -0.4 is 11.1 Å². The average Bonchev–Trinajstić information content (AvgIpc) is 2.87. The highest BCUT2D eigenvalue weighted by Crippen LogP contribution is 2.30. The first-order chi connectivity index (χ1) is 19.4. The Hall–Kier alpha value is -2.80. The van der Waals surface area contributed by atoms with Crippen molar-refractivity contribution < 1.29 is 59.0 Å². The number of benzene rings is 1. The van der Waals surface area contributed by atoms with Gasteiger partial charge in [-0.2, -0.15) is 0 Å². The van der Waals surface area contributed by atoms with Crippen LogP contribution in [-0.4, -0.2) is 95.6 Å². The van der Waals surface area contributed by atoms with Crippen LogP contribution in [0.5, 0.6) is 0 Å². The zero-order chi connectivity index (χ0) is 32.3. The van der Waals surface area contributed by atoms with Crippen LogP contribution in [-0.2, 0) is 61.5 Å². The Morgan fingerprint density at radius 1 is 1.05 bits per heavy atom. The van der Waals surface area contributed by atoms with Gasteiger partial charge in [0.05, 0.1) is 18.5 Å². The molecule has 1 rings (SSSR count). The number of esters is 1. The third-order valence-corrected chi connectivity index (χ3v) is 10.4. The second kappa shape index (κ2) is 16.7. The van der Waals surface area contributed by atoms with E-state index in [4.69, 9.17) is 15.2 Å². The topological polar surface area (TPSA) is 240 Å². The summed E-state index contributed by atoms with van der Waals surface area (Å²) in [5.74, 6) is -4.33. The largest absolute Gasteiger partial charge is 0.511 e. The molecule has 0 aromatic heterocycles. The van der Waals surface area contributed by atoms with Gasteiger partial charge in [0, 0.05) is 25.1 Å². The molecule has 0 heterocycles. The van der Waals surface area contributed by atoms with Gasteiger partial charge >= 0.3 is 12.1 Å². The second-order valence-corrected chi connectivity index (χ2v) is 14.8. The van der Waals surface area contributed by atoms with Crippen molar-refractivity contribution in [2.45, 2.75) is 68.6 Å². The van der Waals surface area contributed by atoms with Gasteiger partial charge in [0.2, 0.25) is 12.2 Å². The predicted octanol–water partition coefficient (Wildman–Crippen LogP) is -1.16. The van der Waals surface area contributed by atoms with E-state index in [1.807, 2.05) is 0 Å². The normalized spacial score (nSPS) is 15.7. The molecule has 240 valence electrons. The molecule has 15 nitrogen and oxygen atoms in total. The number of hydrogen-bond acceptors (Lipinski definition) is 14. The van der Waals surface area contributed by atoms with Crippen molar-refractivity contribution in [3.8, 4) is 0 Å². The molecule has 0 aliphatic rings. The first-order valence-corrected chi connectivity index (χ1v) is 17.1. The summed E-state index contributed by atoms with van der Waals surface area (Å²) < 4.78 is 84.7. The Bertz CT molecular complexity index is 1290. The summed E-state index contributed by atoms with van der Waals surface area (Å²) in [7, 11) is -11.4. The van der Waals surface area contributed by atoms with Gasteiger partial charge in [0.25, 0.3) is 0 Å². The van der Waals surface area contributed by atoms with E-state index in [1.54, 1.807) is 30.3 Å². The molecular weight excluding hydrogens is 620 g/mol. The van der Waals surface area contributed by atoms with Crippen LogP contribution in [0.2, 0.25) is 0 Å². The van der Waals surface area contributed by atoms with Crippen LogP contribution in [0, 0.1) is 5.92 Å². The maximum atomic E-state index is 13.5. The number of carbonyl (C=O) groups is 3. The Balaban J connectivity index is 3.41. The minimum absolute atomic E-state index is 0.0160. The molecule has 0 fully saturated rings. The van der Waals surface area contributed by atoms with E-state index in [0.29, 0.717) is 5.56 Å². The first-order valence-electron chi connectivity index (χ1n) is 12.7. The van der Waals surface area contributed by atoms with E-state index in [9.17, 15) is 44.7 Å². The molecule has 0 saturated carbocycles. The maximum absolute atomic E-state index is 13.5. The Morgan fingerprint density at radius 3 is 2.10 bits per heavy atom. The molecule has 0 radical (unpaired) electrons. The number of ether oxygens (including phenoxy) is 3. The summed E-state index contributed by atoms with van der Waals surface area (Å²) in [5.41, 5.74) is 6.48. The lowest BCUT2D eigenvalue weighted by atomic mass is 9.90. The van der Waals surface area contributed by atoms with E-state index in [0.717, 1.165) is 13.2 Å². The summed E-state index contributed by atoms with van der Waals surface area (Å²) >= 11 is 0. The molecule has 0 spiro atoms. The number of rotatable bonds is 17. The number of nitrogens with one attached hydrogen (secondary N) is 1. The molecule has 4 N–H and O–H groups in total. The van der Waals surface area contributed by atoms with Crippen molar-refractivity contribution in [1.82, 2.24) is 5.32 Å². The van der Waals surface area contributed by atoms with Crippen LogP contribution in [0.25, 0.3) is 0 Å². The zero-order valence-corrected chi connectivity index (χ0v) is 26.1.